The molecule has 0 amide bonds. The molecular formula is C11H15F3N4. The van der Waals surface area contributed by atoms with Gasteiger partial charge >= 0.3 is 6.18 Å². The second kappa shape index (κ2) is 4.62. The lowest BCUT2D eigenvalue weighted by molar-refractivity contribution is -0.132. The molecule has 0 radical (unpaired) electrons. The number of anilines is 2. The fourth-order valence-electron chi connectivity index (χ4n) is 1.60. The summed E-state index contributed by atoms with van der Waals surface area (Å²) in [5, 5.41) is 0. The maximum absolute atomic E-state index is 12.1. The van der Waals surface area contributed by atoms with Crippen molar-refractivity contribution in [3.05, 3.63) is 11.9 Å². The number of alkyl halides is 3. The number of nitrogen functional groups attached to an aromatic ring is 1. The summed E-state index contributed by atoms with van der Waals surface area (Å²) in [4.78, 5) is 9.82. The maximum Gasteiger partial charge on any atom is 0.390 e. The van der Waals surface area contributed by atoms with E-state index < -0.39 is 12.6 Å². The third kappa shape index (κ3) is 3.48. The van der Waals surface area contributed by atoms with Crippen LogP contribution in [0, 0.1) is 0 Å². The highest BCUT2D eigenvalue weighted by molar-refractivity contribution is 5.47. The molecule has 0 aromatic carbocycles. The summed E-state index contributed by atoms with van der Waals surface area (Å²) in [6.45, 7) is -0.135. The van der Waals surface area contributed by atoms with Crippen LogP contribution >= 0.6 is 0 Å². The van der Waals surface area contributed by atoms with Gasteiger partial charge < -0.3 is 10.6 Å². The molecule has 0 bridgehead atoms. The molecule has 2 N–H and O–H groups in total. The van der Waals surface area contributed by atoms with Crippen molar-refractivity contribution < 1.29 is 13.2 Å². The van der Waals surface area contributed by atoms with E-state index in [1.165, 1.54) is 11.0 Å². The van der Waals surface area contributed by atoms with Crippen LogP contribution in [-0.4, -0.2) is 29.7 Å². The van der Waals surface area contributed by atoms with Crippen molar-refractivity contribution in [2.75, 3.05) is 24.2 Å². The van der Waals surface area contributed by atoms with E-state index in [0.717, 1.165) is 12.8 Å². The molecule has 1 aliphatic rings. The van der Waals surface area contributed by atoms with E-state index in [4.69, 9.17) is 5.73 Å². The van der Waals surface area contributed by atoms with E-state index in [1.807, 2.05) is 0 Å². The summed E-state index contributed by atoms with van der Waals surface area (Å²) in [7, 11) is 1.57. The number of hydrogen-bond donors (Lipinski definition) is 1. The Labute approximate surface area is 103 Å². The Morgan fingerprint density at radius 1 is 1.39 bits per heavy atom. The largest absolute Gasteiger partial charge is 0.390 e. The number of rotatable bonds is 4. The van der Waals surface area contributed by atoms with Crippen molar-refractivity contribution >= 4 is 11.6 Å². The standard InChI is InChI=1S/C11H15F3N4/c1-18(5-4-11(12,13)14)9-6-8(15)16-10(17-9)7-2-3-7/h6-7H,2-5H2,1H3,(H2,15,16,17). The Bertz CT molecular complexity index is 429. The van der Waals surface area contributed by atoms with Crippen LogP contribution in [0.15, 0.2) is 6.07 Å². The summed E-state index contributed by atoms with van der Waals surface area (Å²) < 4.78 is 36.4. The van der Waals surface area contributed by atoms with Gasteiger partial charge in [-0.2, -0.15) is 13.2 Å². The summed E-state index contributed by atoms with van der Waals surface area (Å²) in [5.74, 6) is 1.72. The smallest absolute Gasteiger partial charge is 0.384 e. The van der Waals surface area contributed by atoms with Crippen molar-refractivity contribution in [2.24, 2.45) is 0 Å². The summed E-state index contributed by atoms with van der Waals surface area (Å²) in [6.07, 6.45) is -2.98. The van der Waals surface area contributed by atoms with E-state index in [2.05, 4.69) is 9.97 Å². The average Bonchev–Trinajstić information content (AvgIpc) is 3.07. The number of aromatic nitrogens is 2. The molecule has 0 unspecified atom stereocenters. The molecule has 1 saturated carbocycles. The third-order valence-electron chi connectivity index (χ3n) is 2.81. The Hall–Kier alpha value is -1.53. The highest BCUT2D eigenvalue weighted by Gasteiger charge is 2.29. The molecule has 18 heavy (non-hydrogen) atoms. The van der Waals surface area contributed by atoms with Gasteiger partial charge in [-0.25, -0.2) is 9.97 Å². The number of nitrogens with two attached hydrogens (primary N) is 1. The van der Waals surface area contributed by atoms with Crippen molar-refractivity contribution in [2.45, 2.75) is 31.4 Å². The molecule has 4 nitrogen and oxygen atoms in total. The van der Waals surface area contributed by atoms with Crippen LogP contribution in [0.4, 0.5) is 24.8 Å². The van der Waals surface area contributed by atoms with E-state index >= 15 is 0 Å². The van der Waals surface area contributed by atoms with Gasteiger partial charge in [0.2, 0.25) is 0 Å². The monoisotopic (exact) mass is 260 g/mol. The predicted octanol–water partition coefficient (Wildman–Crippen LogP) is 2.32. The molecule has 0 saturated heterocycles. The first-order valence-corrected chi connectivity index (χ1v) is 5.77. The van der Waals surface area contributed by atoms with Crippen LogP contribution in [0.25, 0.3) is 0 Å². The van der Waals surface area contributed by atoms with E-state index in [0.29, 0.717) is 23.4 Å². The van der Waals surface area contributed by atoms with Gasteiger partial charge in [0.25, 0.3) is 0 Å². The normalized spacial score (nSPS) is 15.8. The molecule has 1 aromatic rings. The van der Waals surface area contributed by atoms with Gasteiger partial charge in [0.15, 0.2) is 0 Å². The van der Waals surface area contributed by atoms with Gasteiger partial charge in [-0.3, -0.25) is 0 Å². The Balaban J connectivity index is 2.07. The van der Waals surface area contributed by atoms with Crippen LogP contribution in [0.2, 0.25) is 0 Å². The Kier molecular flexibility index (Phi) is 3.32. The molecule has 0 spiro atoms. The van der Waals surface area contributed by atoms with Crippen LogP contribution in [0.1, 0.15) is 31.0 Å². The topological polar surface area (TPSA) is 55.0 Å². The summed E-state index contributed by atoms with van der Waals surface area (Å²) >= 11 is 0. The molecule has 1 heterocycles. The first kappa shape index (κ1) is 12.9. The lowest BCUT2D eigenvalue weighted by Gasteiger charge is -2.19. The van der Waals surface area contributed by atoms with Crippen LogP contribution in [-0.2, 0) is 0 Å². The SMILES string of the molecule is CN(CCC(F)(F)F)c1cc(N)nc(C2CC2)n1. The molecule has 1 fully saturated rings. The minimum atomic E-state index is -4.16. The summed E-state index contributed by atoms with van der Waals surface area (Å²) in [5.41, 5.74) is 5.64. The van der Waals surface area contributed by atoms with Gasteiger partial charge in [-0.05, 0) is 12.8 Å². The second-order valence-corrected chi connectivity index (χ2v) is 4.57. The predicted molar refractivity (Wildman–Crippen MR) is 62.4 cm³/mol. The minimum Gasteiger partial charge on any atom is -0.384 e. The van der Waals surface area contributed by atoms with Crippen molar-refractivity contribution in [3.8, 4) is 0 Å². The third-order valence-corrected chi connectivity index (χ3v) is 2.81. The minimum absolute atomic E-state index is 0.135. The second-order valence-electron chi connectivity index (χ2n) is 4.57. The average molecular weight is 260 g/mol. The van der Waals surface area contributed by atoms with Gasteiger partial charge in [0, 0.05) is 25.6 Å². The molecule has 1 aliphatic carbocycles. The van der Waals surface area contributed by atoms with Crippen LogP contribution in [0.5, 0.6) is 0 Å². The maximum atomic E-state index is 12.1. The van der Waals surface area contributed by atoms with Crippen molar-refractivity contribution in [1.82, 2.24) is 9.97 Å². The number of nitrogens with zero attached hydrogens (tertiary/aromatic N) is 3. The lowest BCUT2D eigenvalue weighted by atomic mass is 10.3. The number of halogens is 3. The summed E-state index contributed by atoms with van der Waals surface area (Å²) in [6, 6.07) is 1.50. The fraction of sp³-hybridized carbons (Fsp3) is 0.636. The van der Waals surface area contributed by atoms with Gasteiger partial charge in [0.05, 0.1) is 6.42 Å². The van der Waals surface area contributed by atoms with Gasteiger partial charge in [-0.1, -0.05) is 0 Å². The molecule has 1 aromatic heterocycles. The molecule has 0 aliphatic heterocycles. The Morgan fingerprint density at radius 2 is 2.06 bits per heavy atom. The lowest BCUT2D eigenvalue weighted by Crippen LogP contribution is -2.25. The first-order chi connectivity index (χ1) is 8.35. The zero-order valence-electron chi connectivity index (χ0n) is 10.0. The zero-order valence-corrected chi connectivity index (χ0v) is 10.0. The van der Waals surface area contributed by atoms with E-state index in [1.54, 1.807) is 7.05 Å². The van der Waals surface area contributed by atoms with E-state index in [9.17, 15) is 13.2 Å². The molecule has 7 heteroatoms. The molecule has 0 atom stereocenters. The van der Waals surface area contributed by atoms with Crippen LogP contribution in [0.3, 0.4) is 0 Å². The highest BCUT2D eigenvalue weighted by atomic mass is 19.4. The first-order valence-electron chi connectivity index (χ1n) is 5.77. The van der Waals surface area contributed by atoms with Crippen LogP contribution < -0.4 is 10.6 Å². The number of hydrogen-bond acceptors (Lipinski definition) is 4. The molecule has 2 rings (SSSR count). The van der Waals surface area contributed by atoms with Crippen molar-refractivity contribution in [3.63, 3.8) is 0 Å². The van der Waals surface area contributed by atoms with Gasteiger partial charge in [-0.15, -0.1) is 0 Å². The quantitative estimate of drug-likeness (QED) is 0.902. The highest BCUT2D eigenvalue weighted by Crippen LogP contribution is 2.38. The molecule has 100 valence electrons. The van der Waals surface area contributed by atoms with Crippen molar-refractivity contribution in [1.29, 1.82) is 0 Å². The zero-order chi connectivity index (χ0) is 13.3. The Morgan fingerprint density at radius 3 is 2.61 bits per heavy atom. The van der Waals surface area contributed by atoms with Gasteiger partial charge in [0.1, 0.15) is 17.5 Å². The fourth-order valence-corrected chi connectivity index (χ4v) is 1.60. The van der Waals surface area contributed by atoms with E-state index in [-0.39, 0.29) is 6.54 Å². The molecular weight excluding hydrogens is 245 g/mol.